The monoisotopic (exact) mass is 366 g/mol. The maximum absolute atomic E-state index is 13.5. The molecule has 0 aliphatic heterocycles. The van der Waals surface area contributed by atoms with Gasteiger partial charge in [0.05, 0.1) is 11.6 Å². The van der Waals surface area contributed by atoms with Gasteiger partial charge in [0.2, 0.25) is 5.91 Å². The molecule has 0 saturated heterocycles. The van der Waals surface area contributed by atoms with Crippen LogP contribution in [0.1, 0.15) is 43.9 Å². The van der Waals surface area contributed by atoms with Crippen molar-refractivity contribution in [2.45, 2.75) is 51.9 Å². The predicted octanol–water partition coefficient (Wildman–Crippen LogP) is 4.07. The van der Waals surface area contributed by atoms with Gasteiger partial charge in [0.15, 0.2) is 0 Å². The molecule has 0 aliphatic rings. The van der Waals surface area contributed by atoms with Crippen molar-refractivity contribution < 1.29 is 26.7 Å². The minimum Gasteiger partial charge on any atom is -0.351 e. The minimum atomic E-state index is -4.74. The van der Waals surface area contributed by atoms with Crippen molar-refractivity contribution in [3.8, 4) is 0 Å². The second-order valence-electron chi connectivity index (χ2n) is 6.49. The number of amides is 1. The van der Waals surface area contributed by atoms with Crippen LogP contribution in [0.25, 0.3) is 0 Å². The van der Waals surface area contributed by atoms with Crippen LogP contribution in [-0.2, 0) is 23.4 Å². The minimum absolute atomic E-state index is 0.0286. The van der Waals surface area contributed by atoms with E-state index in [0.29, 0.717) is 19.4 Å². The van der Waals surface area contributed by atoms with E-state index in [1.54, 1.807) is 7.05 Å². The first kappa shape index (κ1) is 21.3. The molecule has 1 aromatic carbocycles. The fraction of sp³-hybridized carbons (Fsp3) is 0.588. The molecule has 8 heteroatoms. The maximum atomic E-state index is 13.5. The second-order valence-corrected chi connectivity index (χ2v) is 6.49. The summed E-state index contributed by atoms with van der Waals surface area (Å²) in [4.78, 5) is 12.1. The maximum Gasteiger partial charge on any atom is 0.416 e. The average molecular weight is 366 g/mol. The highest BCUT2D eigenvalue weighted by Crippen LogP contribution is 2.35. The summed E-state index contributed by atoms with van der Waals surface area (Å²) in [5.74, 6) is -3.56. The highest BCUT2D eigenvalue weighted by Gasteiger charge is 2.34. The van der Waals surface area contributed by atoms with E-state index < -0.39 is 35.2 Å². The first-order chi connectivity index (χ1) is 11.3. The molecular formula is C17H23F5N2O. The van der Waals surface area contributed by atoms with E-state index in [0.717, 1.165) is 12.1 Å². The third-order valence-corrected chi connectivity index (χ3v) is 3.67. The van der Waals surface area contributed by atoms with Gasteiger partial charge in [-0.3, -0.25) is 4.79 Å². The number of hydrogen-bond donors (Lipinski definition) is 2. The Balaban J connectivity index is 2.99. The standard InChI is InChI=1S/C17H23F5N2O/c1-10(2)5-14(23-4)15(25)24-9-11-6-12(16(3,18)19)8-13(7-11)17(20,21)22/h6-8,10,14,23H,5,9H2,1-4H3,(H,24,25)/t14-/m0/s1. The molecule has 0 aromatic heterocycles. The summed E-state index contributed by atoms with van der Waals surface area (Å²) in [5.41, 5.74) is -1.93. The fourth-order valence-electron chi connectivity index (χ4n) is 2.35. The molecule has 0 fully saturated rings. The van der Waals surface area contributed by atoms with Gasteiger partial charge >= 0.3 is 6.18 Å². The summed E-state index contributed by atoms with van der Waals surface area (Å²) in [6.07, 6.45) is -4.20. The summed E-state index contributed by atoms with van der Waals surface area (Å²) in [5, 5.41) is 5.33. The lowest BCUT2D eigenvalue weighted by Gasteiger charge is -2.19. The van der Waals surface area contributed by atoms with Gasteiger partial charge in [0.1, 0.15) is 0 Å². The number of hydrogen-bond acceptors (Lipinski definition) is 2. The topological polar surface area (TPSA) is 41.1 Å². The summed E-state index contributed by atoms with van der Waals surface area (Å²) < 4.78 is 65.7. The quantitative estimate of drug-likeness (QED) is 0.715. The number of benzene rings is 1. The molecule has 0 saturated carbocycles. The van der Waals surface area contributed by atoms with Crippen molar-refractivity contribution in [3.63, 3.8) is 0 Å². The largest absolute Gasteiger partial charge is 0.416 e. The summed E-state index contributed by atoms with van der Waals surface area (Å²) in [6, 6.07) is 1.68. The van der Waals surface area contributed by atoms with Crippen molar-refractivity contribution in [2.75, 3.05) is 7.05 Å². The molecule has 0 aliphatic carbocycles. The Hall–Kier alpha value is -1.70. The molecule has 1 amide bonds. The zero-order valence-electron chi connectivity index (χ0n) is 14.6. The molecule has 1 atom stereocenters. The van der Waals surface area contributed by atoms with Gasteiger partial charge in [-0.2, -0.15) is 13.2 Å². The van der Waals surface area contributed by atoms with Crippen LogP contribution >= 0.6 is 0 Å². The van der Waals surface area contributed by atoms with Crippen molar-refractivity contribution in [1.29, 1.82) is 0 Å². The number of nitrogens with one attached hydrogen (secondary N) is 2. The third-order valence-electron chi connectivity index (χ3n) is 3.67. The van der Waals surface area contributed by atoms with Gasteiger partial charge in [-0.15, -0.1) is 0 Å². The summed E-state index contributed by atoms with van der Waals surface area (Å²) >= 11 is 0. The number of likely N-dealkylation sites (N-methyl/N-ethyl adjacent to an activating group) is 1. The van der Waals surface area contributed by atoms with Gasteiger partial charge in [-0.05, 0) is 43.1 Å². The molecule has 0 unspecified atom stereocenters. The van der Waals surface area contributed by atoms with Crippen molar-refractivity contribution in [3.05, 3.63) is 34.9 Å². The van der Waals surface area contributed by atoms with E-state index in [-0.39, 0.29) is 18.0 Å². The second kappa shape index (κ2) is 8.12. The Bertz CT molecular complexity index is 561. The van der Waals surface area contributed by atoms with Crippen LogP contribution in [0.15, 0.2) is 18.2 Å². The van der Waals surface area contributed by atoms with E-state index in [4.69, 9.17) is 0 Å². The number of halogens is 5. The Morgan fingerprint density at radius 2 is 1.64 bits per heavy atom. The molecule has 3 nitrogen and oxygen atoms in total. The van der Waals surface area contributed by atoms with Gasteiger partial charge < -0.3 is 10.6 Å². The highest BCUT2D eigenvalue weighted by atomic mass is 19.4. The molecule has 0 spiro atoms. The molecule has 25 heavy (non-hydrogen) atoms. The highest BCUT2D eigenvalue weighted by molar-refractivity contribution is 5.81. The van der Waals surface area contributed by atoms with E-state index in [1.807, 2.05) is 13.8 Å². The average Bonchev–Trinajstić information content (AvgIpc) is 2.48. The number of carbonyl (C=O) groups excluding carboxylic acids is 1. The summed E-state index contributed by atoms with van der Waals surface area (Å²) in [7, 11) is 1.60. The lowest BCUT2D eigenvalue weighted by molar-refractivity contribution is -0.137. The van der Waals surface area contributed by atoms with Crippen LogP contribution in [0.5, 0.6) is 0 Å². The Morgan fingerprint density at radius 1 is 1.08 bits per heavy atom. The van der Waals surface area contributed by atoms with Crippen LogP contribution in [0.4, 0.5) is 22.0 Å². The zero-order valence-corrected chi connectivity index (χ0v) is 14.6. The molecular weight excluding hydrogens is 343 g/mol. The van der Waals surface area contributed by atoms with Crippen molar-refractivity contribution in [2.24, 2.45) is 5.92 Å². The first-order valence-corrected chi connectivity index (χ1v) is 7.89. The smallest absolute Gasteiger partial charge is 0.351 e. The zero-order chi connectivity index (χ0) is 19.4. The Morgan fingerprint density at radius 3 is 2.08 bits per heavy atom. The fourth-order valence-corrected chi connectivity index (χ4v) is 2.35. The molecule has 0 heterocycles. The van der Waals surface area contributed by atoms with Gasteiger partial charge in [0, 0.05) is 19.0 Å². The molecule has 0 bridgehead atoms. The van der Waals surface area contributed by atoms with Crippen LogP contribution in [0.3, 0.4) is 0 Å². The normalized spacial score (nSPS) is 13.8. The predicted molar refractivity (Wildman–Crippen MR) is 85.2 cm³/mol. The lowest BCUT2D eigenvalue weighted by atomic mass is 10.0. The van der Waals surface area contributed by atoms with Crippen LogP contribution in [0, 0.1) is 5.92 Å². The summed E-state index contributed by atoms with van der Waals surface area (Å²) in [6.45, 7) is 4.13. The Kier molecular flexibility index (Phi) is 6.93. The van der Waals surface area contributed by atoms with Crippen molar-refractivity contribution in [1.82, 2.24) is 10.6 Å². The molecule has 1 rings (SSSR count). The van der Waals surface area contributed by atoms with Crippen LogP contribution < -0.4 is 10.6 Å². The number of rotatable bonds is 7. The van der Waals surface area contributed by atoms with E-state index in [2.05, 4.69) is 10.6 Å². The molecule has 2 N–H and O–H groups in total. The molecule has 142 valence electrons. The SMILES string of the molecule is CN[C@@H](CC(C)C)C(=O)NCc1cc(C(C)(F)F)cc(C(F)(F)F)c1. The van der Waals surface area contributed by atoms with Crippen LogP contribution in [0.2, 0.25) is 0 Å². The van der Waals surface area contributed by atoms with E-state index in [1.165, 1.54) is 0 Å². The Labute approximate surface area is 144 Å². The number of alkyl halides is 5. The van der Waals surface area contributed by atoms with E-state index >= 15 is 0 Å². The van der Waals surface area contributed by atoms with Crippen LogP contribution in [-0.4, -0.2) is 19.0 Å². The first-order valence-electron chi connectivity index (χ1n) is 7.89. The van der Waals surface area contributed by atoms with Gasteiger partial charge in [-0.1, -0.05) is 13.8 Å². The van der Waals surface area contributed by atoms with Gasteiger partial charge in [-0.25, -0.2) is 8.78 Å². The molecule has 0 radical (unpaired) electrons. The molecule has 1 aromatic rings. The third kappa shape index (κ3) is 6.61. The van der Waals surface area contributed by atoms with Crippen molar-refractivity contribution >= 4 is 5.91 Å². The van der Waals surface area contributed by atoms with E-state index in [9.17, 15) is 26.7 Å². The lowest BCUT2D eigenvalue weighted by Crippen LogP contribution is -2.43. The van der Waals surface area contributed by atoms with Gasteiger partial charge in [0.25, 0.3) is 5.92 Å². The number of carbonyl (C=O) groups is 1.